The number of hydrogen-bond donors (Lipinski definition) is 1. The molecule has 1 N–H and O–H groups in total. The number of rotatable bonds is 11. The van der Waals surface area contributed by atoms with E-state index in [0.717, 1.165) is 23.3 Å². The zero-order valence-electron chi connectivity index (χ0n) is 21.0. The minimum absolute atomic E-state index is 0.117. The maximum atomic E-state index is 13.6. The molecule has 0 aliphatic rings. The molecule has 3 aromatic carbocycles. The lowest BCUT2D eigenvalue weighted by molar-refractivity contribution is 0.0984. The highest BCUT2D eigenvalue weighted by Gasteiger charge is 2.22. The molecule has 0 spiro atoms. The van der Waals surface area contributed by atoms with Gasteiger partial charge in [-0.25, -0.2) is 13.4 Å². The van der Waals surface area contributed by atoms with E-state index < -0.39 is 10.0 Å². The SMILES string of the molecule is CCN(CC)CCN(C(=O)c1ccc(NS(=O)(=O)c2ccc(OC)cc2)cc1)c1nc2ccccc2s1. The lowest BCUT2D eigenvalue weighted by Gasteiger charge is -2.24. The first-order valence-electron chi connectivity index (χ1n) is 12.0. The van der Waals surface area contributed by atoms with Crippen molar-refractivity contribution in [3.8, 4) is 5.75 Å². The number of fused-ring (bicyclic) bond motifs is 1. The van der Waals surface area contributed by atoms with E-state index in [0.29, 0.717) is 35.2 Å². The van der Waals surface area contributed by atoms with Gasteiger partial charge in [-0.1, -0.05) is 37.3 Å². The molecule has 1 amide bonds. The lowest BCUT2D eigenvalue weighted by Crippen LogP contribution is -2.38. The third kappa shape index (κ3) is 6.27. The van der Waals surface area contributed by atoms with Crippen LogP contribution in [0.4, 0.5) is 10.8 Å². The van der Waals surface area contributed by atoms with E-state index in [1.807, 2.05) is 24.3 Å². The van der Waals surface area contributed by atoms with Crippen molar-refractivity contribution in [1.29, 1.82) is 0 Å². The normalized spacial score (nSPS) is 11.6. The van der Waals surface area contributed by atoms with E-state index in [1.165, 1.54) is 30.6 Å². The Morgan fingerprint density at radius 2 is 1.62 bits per heavy atom. The van der Waals surface area contributed by atoms with Crippen molar-refractivity contribution in [2.24, 2.45) is 0 Å². The molecule has 4 rings (SSSR count). The number of nitrogens with one attached hydrogen (secondary N) is 1. The summed E-state index contributed by atoms with van der Waals surface area (Å²) in [5.41, 5.74) is 1.67. The second kappa shape index (κ2) is 11.7. The fraction of sp³-hybridized carbons (Fsp3) is 0.259. The molecule has 194 valence electrons. The number of carbonyl (C=O) groups is 1. The zero-order valence-corrected chi connectivity index (χ0v) is 22.7. The molecule has 0 unspecified atom stereocenters. The van der Waals surface area contributed by atoms with Gasteiger partial charge in [0.25, 0.3) is 15.9 Å². The second-order valence-corrected chi connectivity index (χ2v) is 11.0. The average molecular weight is 539 g/mol. The predicted molar refractivity (Wildman–Crippen MR) is 149 cm³/mol. The van der Waals surface area contributed by atoms with Gasteiger partial charge in [0.05, 0.1) is 22.2 Å². The highest BCUT2D eigenvalue weighted by molar-refractivity contribution is 7.92. The summed E-state index contributed by atoms with van der Waals surface area (Å²) in [5, 5.41) is 0.641. The fourth-order valence-corrected chi connectivity index (χ4v) is 5.90. The first-order valence-corrected chi connectivity index (χ1v) is 14.3. The van der Waals surface area contributed by atoms with Gasteiger partial charge < -0.3 is 9.64 Å². The van der Waals surface area contributed by atoms with Crippen molar-refractivity contribution in [2.45, 2.75) is 18.7 Å². The van der Waals surface area contributed by atoms with Gasteiger partial charge in [0, 0.05) is 24.3 Å². The Balaban J connectivity index is 1.55. The van der Waals surface area contributed by atoms with Crippen LogP contribution in [0, 0.1) is 0 Å². The Morgan fingerprint density at radius 1 is 0.946 bits per heavy atom. The maximum absolute atomic E-state index is 13.6. The number of amides is 1. The number of para-hydroxylation sites is 1. The van der Waals surface area contributed by atoms with E-state index in [1.54, 1.807) is 41.3 Å². The number of ether oxygens (including phenoxy) is 1. The molecule has 37 heavy (non-hydrogen) atoms. The topological polar surface area (TPSA) is 91.8 Å². The summed E-state index contributed by atoms with van der Waals surface area (Å²) in [5.74, 6) is 0.385. The molecule has 1 heterocycles. The van der Waals surface area contributed by atoms with Crippen molar-refractivity contribution in [2.75, 3.05) is 42.9 Å². The third-order valence-electron chi connectivity index (χ3n) is 6.05. The summed E-state index contributed by atoms with van der Waals surface area (Å²) in [7, 11) is -2.26. The van der Waals surface area contributed by atoms with Gasteiger partial charge in [-0.15, -0.1) is 0 Å². The first kappa shape index (κ1) is 26.6. The molecule has 0 saturated carbocycles. The molecule has 0 bridgehead atoms. The summed E-state index contributed by atoms with van der Waals surface area (Å²) >= 11 is 1.48. The standard InChI is InChI=1S/C27H30N4O4S2/c1-4-30(5-2)18-19-31(27-28-24-8-6-7-9-25(24)36-27)26(32)20-10-12-21(13-11-20)29-37(33,34)23-16-14-22(35-3)15-17-23/h6-17,29H,4-5,18-19H2,1-3H3. The van der Waals surface area contributed by atoms with Crippen LogP contribution in [-0.2, 0) is 10.0 Å². The van der Waals surface area contributed by atoms with Crippen LogP contribution in [0.5, 0.6) is 5.75 Å². The Morgan fingerprint density at radius 3 is 2.24 bits per heavy atom. The van der Waals surface area contributed by atoms with Crippen molar-refractivity contribution < 1.29 is 17.9 Å². The van der Waals surface area contributed by atoms with Gasteiger partial charge in [0.2, 0.25) is 0 Å². The number of carbonyl (C=O) groups excluding carboxylic acids is 1. The first-order chi connectivity index (χ1) is 17.8. The van der Waals surface area contributed by atoms with Gasteiger partial charge in [-0.2, -0.15) is 0 Å². The summed E-state index contributed by atoms with van der Waals surface area (Å²) in [6.45, 7) is 7.18. The molecule has 0 aliphatic carbocycles. The number of hydrogen-bond acceptors (Lipinski definition) is 7. The number of thiazole rings is 1. The van der Waals surface area contributed by atoms with Crippen LogP contribution in [0.15, 0.2) is 77.7 Å². The van der Waals surface area contributed by atoms with E-state index in [2.05, 4.69) is 23.5 Å². The van der Waals surface area contributed by atoms with E-state index in [-0.39, 0.29) is 10.8 Å². The molecule has 0 aliphatic heterocycles. The van der Waals surface area contributed by atoms with Crippen molar-refractivity contribution in [1.82, 2.24) is 9.88 Å². The van der Waals surface area contributed by atoms with Crippen molar-refractivity contribution in [3.05, 3.63) is 78.4 Å². The smallest absolute Gasteiger partial charge is 0.261 e. The highest BCUT2D eigenvalue weighted by Crippen LogP contribution is 2.30. The number of sulfonamides is 1. The molecule has 4 aromatic rings. The van der Waals surface area contributed by atoms with Crippen LogP contribution < -0.4 is 14.4 Å². The van der Waals surface area contributed by atoms with Crippen LogP contribution in [0.1, 0.15) is 24.2 Å². The number of benzene rings is 3. The quantitative estimate of drug-likeness (QED) is 0.286. The van der Waals surface area contributed by atoms with Crippen LogP contribution in [-0.4, -0.2) is 57.5 Å². The number of methoxy groups -OCH3 is 1. The molecule has 10 heteroatoms. The Labute approximate surface area is 221 Å². The predicted octanol–water partition coefficient (Wildman–Crippen LogP) is 5.09. The number of likely N-dealkylation sites (N-methyl/N-ethyl adjacent to an activating group) is 1. The molecule has 0 saturated heterocycles. The second-order valence-electron chi connectivity index (χ2n) is 8.31. The summed E-state index contributed by atoms with van der Waals surface area (Å²) in [6, 6.07) is 20.4. The van der Waals surface area contributed by atoms with Crippen LogP contribution in [0.2, 0.25) is 0 Å². The molecule has 0 radical (unpaired) electrons. The van der Waals surface area contributed by atoms with E-state index >= 15 is 0 Å². The van der Waals surface area contributed by atoms with E-state index in [4.69, 9.17) is 9.72 Å². The molecular formula is C27H30N4O4S2. The van der Waals surface area contributed by atoms with Gasteiger partial charge in [0.1, 0.15) is 5.75 Å². The van der Waals surface area contributed by atoms with Crippen LogP contribution >= 0.6 is 11.3 Å². The molecule has 0 atom stereocenters. The third-order valence-corrected chi connectivity index (χ3v) is 8.50. The van der Waals surface area contributed by atoms with Crippen molar-refractivity contribution >= 4 is 48.3 Å². The Hall–Kier alpha value is -3.47. The molecular weight excluding hydrogens is 508 g/mol. The van der Waals surface area contributed by atoms with Gasteiger partial charge in [-0.3, -0.25) is 14.4 Å². The number of nitrogens with zero attached hydrogens (tertiary/aromatic N) is 3. The summed E-state index contributed by atoms with van der Waals surface area (Å²) < 4.78 is 34.2. The minimum atomic E-state index is -3.78. The van der Waals surface area contributed by atoms with Gasteiger partial charge in [0.15, 0.2) is 5.13 Å². The van der Waals surface area contributed by atoms with Gasteiger partial charge >= 0.3 is 0 Å². The Bertz CT molecular complexity index is 1420. The monoisotopic (exact) mass is 538 g/mol. The summed E-state index contributed by atoms with van der Waals surface area (Å²) in [6.07, 6.45) is 0. The van der Waals surface area contributed by atoms with E-state index in [9.17, 15) is 13.2 Å². The molecule has 0 fully saturated rings. The zero-order chi connectivity index (χ0) is 26.4. The minimum Gasteiger partial charge on any atom is -0.497 e. The van der Waals surface area contributed by atoms with Gasteiger partial charge in [-0.05, 0) is 73.8 Å². The number of anilines is 2. The Kier molecular flexibility index (Phi) is 8.42. The summed E-state index contributed by atoms with van der Waals surface area (Å²) in [4.78, 5) is 22.4. The van der Waals surface area contributed by atoms with Crippen molar-refractivity contribution in [3.63, 3.8) is 0 Å². The molecule has 1 aromatic heterocycles. The van der Waals surface area contributed by atoms with Crippen LogP contribution in [0.3, 0.4) is 0 Å². The van der Waals surface area contributed by atoms with Crippen LogP contribution in [0.25, 0.3) is 10.2 Å². The molecule has 8 nitrogen and oxygen atoms in total. The largest absolute Gasteiger partial charge is 0.497 e. The maximum Gasteiger partial charge on any atom is 0.261 e. The fourth-order valence-electron chi connectivity index (χ4n) is 3.85. The highest BCUT2D eigenvalue weighted by atomic mass is 32.2. The lowest BCUT2D eigenvalue weighted by atomic mass is 10.2. The average Bonchev–Trinajstić information content (AvgIpc) is 3.35. The number of aromatic nitrogens is 1.